The fourth-order valence-corrected chi connectivity index (χ4v) is 1.64. The Morgan fingerprint density at radius 3 is 2.33 bits per heavy atom. The third-order valence-corrected chi connectivity index (χ3v) is 3.22. The van der Waals surface area contributed by atoms with Crippen LogP contribution in [0, 0.1) is 5.41 Å². The summed E-state index contributed by atoms with van der Waals surface area (Å²) in [6.07, 6.45) is 0.611. The normalized spacial score (nSPS) is 13.9. The van der Waals surface area contributed by atoms with Crippen LogP contribution in [-0.4, -0.2) is 62.5 Å². The fraction of sp³-hybridized carbons (Fsp3) is 0.923. The lowest BCUT2D eigenvalue weighted by Crippen LogP contribution is -2.41. The molecule has 0 aliphatic rings. The second kappa shape index (κ2) is 8.45. The van der Waals surface area contributed by atoms with E-state index in [1.165, 1.54) is 0 Å². The van der Waals surface area contributed by atoms with Crippen molar-refractivity contribution < 1.29 is 19.4 Å². The van der Waals surface area contributed by atoms with Crippen LogP contribution in [0.5, 0.6) is 0 Å². The summed E-state index contributed by atoms with van der Waals surface area (Å²) in [6, 6.07) is 0.259. The van der Waals surface area contributed by atoms with E-state index in [1.807, 2.05) is 0 Å². The van der Waals surface area contributed by atoms with Crippen molar-refractivity contribution in [2.45, 2.75) is 33.2 Å². The zero-order valence-corrected chi connectivity index (χ0v) is 12.2. The molecule has 18 heavy (non-hydrogen) atoms. The van der Waals surface area contributed by atoms with Crippen LogP contribution >= 0.6 is 0 Å². The van der Waals surface area contributed by atoms with Gasteiger partial charge in [0.2, 0.25) is 0 Å². The number of carboxylic acids is 1. The van der Waals surface area contributed by atoms with E-state index >= 15 is 0 Å². The minimum Gasteiger partial charge on any atom is -0.481 e. The van der Waals surface area contributed by atoms with Crippen molar-refractivity contribution in [1.29, 1.82) is 0 Å². The summed E-state index contributed by atoms with van der Waals surface area (Å²) in [5.41, 5.74) is -0.696. The molecule has 0 aliphatic carbocycles. The first-order chi connectivity index (χ1) is 8.35. The van der Waals surface area contributed by atoms with Crippen molar-refractivity contribution in [3.8, 4) is 0 Å². The Balaban J connectivity index is 4.35. The van der Waals surface area contributed by atoms with E-state index < -0.39 is 11.4 Å². The molecule has 0 radical (unpaired) electrons. The highest BCUT2D eigenvalue weighted by atomic mass is 16.5. The van der Waals surface area contributed by atoms with Gasteiger partial charge in [-0.1, -0.05) is 0 Å². The Morgan fingerprint density at radius 1 is 1.28 bits per heavy atom. The quantitative estimate of drug-likeness (QED) is 0.645. The highest BCUT2D eigenvalue weighted by Gasteiger charge is 2.28. The van der Waals surface area contributed by atoms with Crippen LogP contribution in [0.4, 0.5) is 0 Å². The molecule has 1 unspecified atom stereocenters. The average molecular weight is 261 g/mol. The Bertz CT molecular complexity index is 243. The van der Waals surface area contributed by atoms with Crippen molar-refractivity contribution in [3.63, 3.8) is 0 Å². The van der Waals surface area contributed by atoms with Gasteiger partial charge in [0.05, 0.1) is 18.6 Å². The van der Waals surface area contributed by atoms with Gasteiger partial charge in [0.25, 0.3) is 0 Å². The molecule has 0 aromatic rings. The Morgan fingerprint density at radius 2 is 1.89 bits per heavy atom. The van der Waals surface area contributed by atoms with Crippen molar-refractivity contribution in [3.05, 3.63) is 0 Å². The maximum Gasteiger partial charge on any atom is 0.309 e. The maximum atomic E-state index is 11.1. The van der Waals surface area contributed by atoms with Gasteiger partial charge >= 0.3 is 5.97 Å². The molecule has 0 heterocycles. The first kappa shape index (κ1) is 17.4. The van der Waals surface area contributed by atoms with Crippen molar-refractivity contribution in [1.82, 2.24) is 4.90 Å². The van der Waals surface area contributed by atoms with Gasteiger partial charge in [-0.3, -0.25) is 9.69 Å². The van der Waals surface area contributed by atoms with Gasteiger partial charge < -0.3 is 14.6 Å². The molecule has 0 aliphatic heterocycles. The predicted molar refractivity (Wildman–Crippen MR) is 70.8 cm³/mol. The molecule has 108 valence electrons. The zero-order valence-electron chi connectivity index (χ0n) is 12.2. The number of carbonyl (C=O) groups is 1. The molecule has 0 bridgehead atoms. The van der Waals surface area contributed by atoms with E-state index in [2.05, 4.69) is 11.8 Å². The summed E-state index contributed by atoms with van der Waals surface area (Å²) in [4.78, 5) is 13.3. The highest BCUT2D eigenvalue weighted by Crippen LogP contribution is 2.21. The number of ether oxygens (including phenoxy) is 2. The van der Waals surface area contributed by atoms with E-state index in [4.69, 9.17) is 14.6 Å². The Kier molecular flexibility index (Phi) is 8.15. The predicted octanol–water partition coefficient (Wildman–Crippen LogP) is 1.47. The van der Waals surface area contributed by atoms with E-state index in [9.17, 15) is 4.79 Å². The van der Waals surface area contributed by atoms with Crippen LogP contribution in [0.15, 0.2) is 0 Å². The van der Waals surface area contributed by atoms with Gasteiger partial charge in [0.1, 0.15) is 0 Å². The minimum absolute atomic E-state index is 0.259. The molecule has 0 rings (SSSR count). The van der Waals surface area contributed by atoms with E-state index in [-0.39, 0.29) is 6.04 Å². The lowest BCUT2D eigenvalue weighted by molar-refractivity contribution is -0.147. The number of methoxy groups -OCH3 is 2. The second-order valence-corrected chi connectivity index (χ2v) is 5.27. The first-order valence-corrected chi connectivity index (χ1v) is 6.30. The summed E-state index contributed by atoms with van der Waals surface area (Å²) in [7, 11) is 3.34. The molecule has 5 heteroatoms. The topological polar surface area (TPSA) is 59.0 Å². The summed E-state index contributed by atoms with van der Waals surface area (Å²) < 4.78 is 10.2. The molecule has 0 saturated heterocycles. The Labute approximate surface area is 110 Å². The maximum absolute atomic E-state index is 11.1. The summed E-state index contributed by atoms with van der Waals surface area (Å²) >= 11 is 0. The molecule has 0 saturated carbocycles. The summed E-state index contributed by atoms with van der Waals surface area (Å²) in [5.74, 6) is -0.756. The molecular weight excluding hydrogens is 234 g/mol. The number of aliphatic carboxylic acids is 1. The van der Waals surface area contributed by atoms with Gasteiger partial charge in [-0.15, -0.1) is 0 Å². The molecule has 0 aromatic carbocycles. The standard InChI is InChI=1S/C13H27NO4/c1-11(10-18-5)14(8-9-17-4)7-6-13(2,3)12(15)16/h11H,6-10H2,1-5H3,(H,15,16). The molecule has 0 spiro atoms. The minimum atomic E-state index is -0.756. The van der Waals surface area contributed by atoms with Crippen LogP contribution in [0.3, 0.4) is 0 Å². The van der Waals surface area contributed by atoms with Crippen LogP contribution in [0.25, 0.3) is 0 Å². The third kappa shape index (κ3) is 6.33. The number of carboxylic acid groups (broad SMARTS) is 1. The first-order valence-electron chi connectivity index (χ1n) is 6.30. The van der Waals surface area contributed by atoms with Crippen LogP contribution < -0.4 is 0 Å². The van der Waals surface area contributed by atoms with E-state index in [0.717, 1.165) is 13.1 Å². The molecule has 0 aromatic heterocycles. The third-order valence-electron chi connectivity index (χ3n) is 3.22. The highest BCUT2D eigenvalue weighted by molar-refractivity contribution is 5.73. The fourth-order valence-electron chi connectivity index (χ4n) is 1.64. The summed E-state index contributed by atoms with van der Waals surface area (Å²) in [6.45, 7) is 8.38. The SMILES string of the molecule is COCCN(CCC(C)(C)C(=O)O)C(C)COC. The van der Waals surface area contributed by atoms with Crippen LogP contribution in [0.2, 0.25) is 0 Å². The largest absolute Gasteiger partial charge is 0.481 e. The van der Waals surface area contributed by atoms with Crippen LogP contribution in [0.1, 0.15) is 27.2 Å². The Hall–Kier alpha value is -0.650. The van der Waals surface area contributed by atoms with Gasteiger partial charge in [-0.05, 0) is 33.7 Å². The van der Waals surface area contributed by atoms with Gasteiger partial charge in [-0.2, -0.15) is 0 Å². The smallest absolute Gasteiger partial charge is 0.309 e. The van der Waals surface area contributed by atoms with Crippen molar-refractivity contribution >= 4 is 5.97 Å². The monoisotopic (exact) mass is 261 g/mol. The molecule has 1 N–H and O–H groups in total. The molecule has 5 nitrogen and oxygen atoms in total. The average Bonchev–Trinajstić information content (AvgIpc) is 2.29. The molecule has 1 atom stereocenters. The molecule has 0 amide bonds. The second-order valence-electron chi connectivity index (χ2n) is 5.27. The van der Waals surface area contributed by atoms with Gasteiger partial charge in [0.15, 0.2) is 0 Å². The van der Waals surface area contributed by atoms with E-state index in [0.29, 0.717) is 19.6 Å². The lowest BCUT2D eigenvalue weighted by Gasteiger charge is -2.31. The number of hydrogen-bond acceptors (Lipinski definition) is 4. The number of nitrogens with zero attached hydrogens (tertiary/aromatic N) is 1. The molecule has 0 fully saturated rings. The van der Waals surface area contributed by atoms with Gasteiger partial charge in [-0.25, -0.2) is 0 Å². The number of rotatable bonds is 10. The van der Waals surface area contributed by atoms with Crippen LogP contribution in [-0.2, 0) is 14.3 Å². The van der Waals surface area contributed by atoms with Crippen molar-refractivity contribution in [2.75, 3.05) is 40.5 Å². The van der Waals surface area contributed by atoms with E-state index in [1.54, 1.807) is 28.1 Å². The summed E-state index contributed by atoms with van der Waals surface area (Å²) in [5, 5.41) is 9.10. The number of hydrogen-bond donors (Lipinski definition) is 1. The van der Waals surface area contributed by atoms with Gasteiger partial charge in [0, 0.05) is 26.8 Å². The lowest BCUT2D eigenvalue weighted by atomic mass is 9.89. The zero-order chi connectivity index (χ0) is 14.2. The molecular formula is C13H27NO4. The van der Waals surface area contributed by atoms with Crippen molar-refractivity contribution in [2.24, 2.45) is 5.41 Å².